The van der Waals surface area contributed by atoms with Crippen LogP contribution in [0.15, 0.2) is 24.3 Å². The van der Waals surface area contributed by atoms with Crippen molar-refractivity contribution in [2.75, 3.05) is 33.3 Å². The Morgan fingerprint density at radius 3 is 2.71 bits per heavy atom. The van der Waals surface area contributed by atoms with E-state index in [0.717, 1.165) is 32.7 Å². The van der Waals surface area contributed by atoms with Gasteiger partial charge in [0.05, 0.1) is 6.10 Å². The van der Waals surface area contributed by atoms with Crippen LogP contribution in [0.3, 0.4) is 0 Å². The summed E-state index contributed by atoms with van der Waals surface area (Å²) in [6.07, 6.45) is 4.04. The summed E-state index contributed by atoms with van der Waals surface area (Å²) in [4.78, 5) is 2.41. The average molecular weight is 290 g/mol. The summed E-state index contributed by atoms with van der Waals surface area (Å²) in [5.74, 6) is 0. The molecule has 1 saturated heterocycles. The summed E-state index contributed by atoms with van der Waals surface area (Å²) in [5.41, 5.74) is 2.72. The summed E-state index contributed by atoms with van der Waals surface area (Å²) in [7, 11) is 2.21. The fourth-order valence-corrected chi connectivity index (χ4v) is 3.01. The second-order valence-corrected chi connectivity index (χ2v) is 6.21. The maximum Gasteiger partial charge on any atom is 0.0702 e. The van der Waals surface area contributed by atoms with Gasteiger partial charge in [0.1, 0.15) is 0 Å². The van der Waals surface area contributed by atoms with E-state index in [1.165, 1.54) is 24.0 Å². The molecule has 0 aromatic heterocycles. The Hall–Kier alpha value is -0.900. The number of likely N-dealkylation sites (N-methyl/N-ethyl adjacent to an activating group) is 1. The van der Waals surface area contributed by atoms with Crippen LogP contribution in [0.25, 0.3) is 0 Å². The zero-order valence-electron chi connectivity index (χ0n) is 13.8. The zero-order chi connectivity index (χ0) is 15.1. The molecule has 2 unspecified atom stereocenters. The SMILES string of the molecule is CCNC(CCN(C)CC1CCCO1)c1ccc(C)cc1. The number of nitrogens with zero attached hydrogens (tertiary/aromatic N) is 1. The van der Waals surface area contributed by atoms with Crippen LogP contribution < -0.4 is 5.32 Å². The molecular weight excluding hydrogens is 260 g/mol. The molecule has 0 spiro atoms. The van der Waals surface area contributed by atoms with Crippen LogP contribution in [0, 0.1) is 6.92 Å². The number of aryl methyl sites for hydroxylation is 1. The van der Waals surface area contributed by atoms with Gasteiger partial charge in [0.25, 0.3) is 0 Å². The van der Waals surface area contributed by atoms with E-state index in [1.54, 1.807) is 0 Å². The first-order valence-electron chi connectivity index (χ1n) is 8.29. The lowest BCUT2D eigenvalue weighted by Gasteiger charge is -2.24. The maximum absolute atomic E-state index is 5.72. The molecule has 0 amide bonds. The highest BCUT2D eigenvalue weighted by molar-refractivity contribution is 5.24. The molecule has 1 heterocycles. The Kier molecular flexibility index (Phi) is 6.68. The van der Waals surface area contributed by atoms with E-state index >= 15 is 0 Å². The highest BCUT2D eigenvalue weighted by Gasteiger charge is 2.18. The molecule has 0 saturated carbocycles. The predicted molar refractivity (Wildman–Crippen MR) is 88.7 cm³/mol. The summed E-state index contributed by atoms with van der Waals surface area (Å²) in [6.45, 7) is 8.44. The van der Waals surface area contributed by atoms with E-state index in [0.29, 0.717) is 12.1 Å². The Balaban J connectivity index is 1.82. The zero-order valence-corrected chi connectivity index (χ0v) is 13.8. The summed E-state index contributed by atoms with van der Waals surface area (Å²) in [6, 6.07) is 9.36. The minimum Gasteiger partial charge on any atom is -0.377 e. The Labute approximate surface area is 129 Å². The largest absolute Gasteiger partial charge is 0.377 e. The molecule has 1 fully saturated rings. The number of benzene rings is 1. The molecule has 3 nitrogen and oxygen atoms in total. The van der Waals surface area contributed by atoms with Crippen LogP contribution in [0.5, 0.6) is 0 Å². The number of nitrogens with one attached hydrogen (secondary N) is 1. The quantitative estimate of drug-likeness (QED) is 0.796. The molecule has 21 heavy (non-hydrogen) atoms. The molecule has 1 aliphatic heterocycles. The molecule has 1 aliphatic rings. The standard InChI is InChI=1S/C18H30N2O/c1-4-19-18(16-9-7-15(2)8-10-16)11-12-20(3)14-17-6-5-13-21-17/h7-10,17-19H,4-6,11-14H2,1-3H3. The third-order valence-corrected chi connectivity index (χ3v) is 4.27. The second-order valence-electron chi connectivity index (χ2n) is 6.21. The first-order chi connectivity index (χ1) is 10.2. The minimum absolute atomic E-state index is 0.447. The van der Waals surface area contributed by atoms with E-state index in [4.69, 9.17) is 4.74 Å². The summed E-state index contributed by atoms with van der Waals surface area (Å²) >= 11 is 0. The van der Waals surface area contributed by atoms with Gasteiger partial charge < -0.3 is 15.0 Å². The van der Waals surface area contributed by atoms with Crippen molar-refractivity contribution in [1.29, 1.82) is 0 Å². The van der Waals surface area contributed by atoms with Crippen molar-refractivity contribution >= 4 is 0 Å². The van der Waals surface area contributed by atoms with Crippen molar-refractivity contribution in [3.05, 3.63) is 35.4 Å². The van der Waals surface area contributed by atoms with Gasteiger partial charge in [0.15, 0.2) is 0 Å². The fourth-order valence-electron chi connectivity index (χ4n) is 3.01. The Morgan fingerprint density at radius 1 is 1.33 bits per heavy atom. The average Bonchev–Trinajstić information content (AvgIpc) is 2.97. The van der Waals surface area contributed by atoms with Crippen LogP contribution >= 0.6 is 0 Å². The molecule has 2 rings (SSSR count). The highest BCUT2D eigenvalue weighted by Crippen LogP contribution is 2.19. The van der Waals surface area contributed by atoms with E-state index in [1.807, 2.05) is 0 Å². The molecular formula is C18H30N2O. The first-order valence-corrected chi connectivity index (χ1v) is 8.29. The van der Waals surface area contributed by atoms with Gasteiger partial charge in [-0.3, -0.25) is 0 Å². The number of hydrogen-bond acceptors (Lipinski definition) is 3. The molecule has 1 aromatic rings. The van der Waals surface area contributed by atoms with Crippen molar-refractivity contribution in [3.63, 3.8) is 0 Å². The van der Waals surface area contributed by atoms with Crippen molar-refractivity contribution in [3.8, 4) is 0 Å². The molecule has 3 heteroatoms. The van der Waals surface area contributed by atoms with Crippen molar-refractivity contribution < 1.29 is 4.74 Å². The van der Waals surface area contributed by atoms with Crippen molar-refractivity contribution in [2.45, 2.75) is 45.3 Å². The van der Waals surface area contributed by atoms with E-state index in [9.17, 15) is 0 Å². The van der Waals surface area contributed by atoms with Crippen LogP contribution in [0.4, 0.5) is 0 Å². The normalized spacial score (nSPS) is 20.1. The lowest BCUT2D eigenvalue weighted by molar-refractivity contribution is 0.0801. The smallest absolute Gasteiger partial charge is 0.0702 e. The lowest BCUT2D eigenvalue weighted by Crippen LogP contribution is -2.32. The topological polar surface area (TPSA) is 24.5 Å². The molecule has 118 valence electrons. The highest BCUT2D eigenvalue weighted by atomic mass is 16.5. The molecule has 1 N–H and O–H groups in total. The molecule has 0 radical (unpaired) electrons. The second kappa shape index (κ2) is 8.52. The van der Waals surface area contributed by atoms with Gasteiger partial charge >= 0.3 is 0 Å². The van der Waals surface area contributed by atoms with E-state index in [-0.39, 0.29) is 0 Å². The van der Waals surface area contributed by atoms with Gasteiger partial charge in [0.2, 0.25) is 0 Å². The van der Waals surface area contributed by atoms with Gasteiger partial charge in [0, 0.05) is 19.2 Å². The third-order valence-electron chi connectivity index (χ3n) is 4.27. The number of hydrogen-bond donors (Lipinski definition) is 1. The van der Waals surface area contributed by atoms with Crippen LogP contribution in [0.1, 0.15) is 43.4 Å². The van der Waals surface area contributed by atoms with Gasteiger partial charge in [-0.05, 0) is 51.9 Å². The lowest BCUT2D eigenvalue weighted by atomic mass is 10.0. The van der Waals surface area contributed by atoms with Gasteiger partial charge in [-0.2, -0.15) is 0 Å². The maximum atomic E-state index is 5.72. The third kappa shape index (κ3) is 5.42. The summed E-state index contributed by atoms with van der Waals surface area (Å²) in [5, 5.41) is 3.61. The van der Waals surface area contributed by atoms with Gasteiger partial charge in [-0.1, -0.05) is 36.8 Å². The fraction of sp³-hybridized carbons (Fsp3) is 0.667. The molecule has 1 aromatic carbocycles. The van der Waals surface area contributed by atoms with Crippen molar-refractivity contribution in [2.24, 2.45) is 0 Å². The number of rotatable bonds is 8. The van der Waals surface area contributed by atoms with Crippen LogP contribution in [0.2, 0.25) is 0 Å². The van der Waals surface area contributed by atoms with Gasteiger partial charge in [-0.25, -0.2) is 0 Å². The molecule has 0 bridgehead atoms. The Bertz CT molecular complexity index is 398. The van der Waals surface area contributed by atoms with Crippen molar-refractivity contribution in [1.82, 2.24) is 10.2 Å². The minimum atomic E-state index is 0.447. The Morgan fingerprint density at radius 2 is 2.10 bits per heavy atom. The number of ether oxygens (including phenoxy) is 1. The van der Waals surface area contributed by atoms with E-state index in [2.05, 4.69) is 55.4 Å². The van der Waals surface area contributed by atoms with E-state index < -0.39 is 0 Å². The van der Waals surface area contributed by atoms with Crippen LogP contribution in [-0.4, -0.2) is 44.3 Å². The molecule has 0 aliphatic carbocycles. The van der Waals surface area contributed by atoms with Gasteiger partial charge in [-0.15, -0.1) is 0 Å². The first kappa shape index (κ1) is 16.5. The monoisotopic (exact) mass is 290 g/mol. The summed E-state index contributed by atoms with van der Waals surface area (Å²) < 4.78 is 5.72. The predicted octanol–water partition coefficient (Wildman–Crippen LogP) is 3.15. The van der Waals surface area contributed by atoms with Crippen LogP contribution in [-0.2, 0) is 4.74 Å². The molecule has 2 atom stereocenters.